The SMILES string of the molecule is O=C(Nc1ccccc1)Nc1ccc(Oc2ncnc3cc(N4CCC[C@@H]4CO)ccc23)cc1. The minimum absolute atomic E-state index is 0.148. The summed E-state index contributed by atoms with van der Waals surface area (Å²) in [6.07, 6.45) is 3.55. The highest BCUT2D eigenvalue weighted by atomic mass is 16.5. The maximum atomic E-state index is 12.2. The first-order chi connectivity index (χ1) is 16.7. The lowest BCUT2D eigenvalue weighted by atomic mass is 10.2. The van der Waals surface area contributed by atoms with E-state index in [1.165, 1.54) is 6.33 Å². The van der Waals surface area contributed by atoms with E-state index in [1.54, 1.807) is 24.3 Å². The molecule has 5 rings (SSSR count). The number of anilines is 3. The lowest BCUT2D eigenvalue weighted by molar-refractivity contribution is 0.262. The predicted octanol–water partition coefficient (Wildman–Crippen LogP) is 5.03. The zero-order valence-corrected chi connectivity index (χ0v) is 18.5. The van der Waals surface area contributed by atoms with Gasteiger partial charge < -0.3 is 25.4 Å². The van der Waals surface area contributed by atoms with Crippen LogP contribution in [0.2, 0.25) is 0 Å². The third kappa shape index (κ3) is 4.77. The Balaban J connectivity index is 1.28. The summed E-state index contributed by atoms with van der Waals surface area (Å²) in [5, 5.41) is 16.0. The minimum atomic E-state index is -0.320. The van der Waals surface area contributed by atoms with Crippen molar-refractivity contribution in [2.75, 3.05) is 28.7 Å². The summed E-state index contributed by atoms with van der Waals surface area (Å²) < 4.78 is 6.02. The van der Waals surface area contributed by atoms with Gasteiger partial charge in [-0.2, -0.15) is 0 Å². The van der Waals surface area contributed by atoms with Crippen LogP contribution in [0.3, 0.4) is 0 Å². The molecular weight excluding hydrogens is 430 g/mol. The van der Waals surface area contributed by atoms with Gasteiger partial charge in [0.15, 0.2) is 0 Å². The molecule has 4 aromatic rings. The normalized spacial score (nSPS) is 15.3. The van der Waals surface area contributed by atoms with Crippen molar-refractivity contribution in [1.82, 2.24) is 9.97 Å². The molecule has 2 amide bonds. The van der Waals surface area contributed by atoms with Gasteiger partial charge in [0.25, 0.3) is 0 Å². The number of carbonyl (C=O) groups excluding carboxylic acids is 1. The summed E-state index contributed by atoms with van der Waals surface area (Å²) in [4.78, 5) is 23.1. The summed E-state index contributed by atoms with van der Waals surface area (Å²) >= 11 is 0. The molecule has 3 aromatic carbocycles. The number of amides is 2. The Morgan fingerprint density at radius 2 is 1.76 bits per heavy atom. The lowest BCUT2D eigenvalue weighted by Gasteiger charge is -2.25. The maximum Gasteiger partial charge on any atom is 0.323 e. The van der Waals surface area contributed by atoms with Gasteiger partial charge in [-0.3, -0.25) is 0 Å². The van der Waals surface area contributed by atoms with Crippen LogP contribution in [0.5, 0.6) is 11.6 Å². The van der Waals surface area contributed by atoms with E-state index in [9.17, 15) is 9.90 Å². The molecule has 0 bridgehead atoms. The largest absolute Gasteiger partial charge is 0.438 e. The molecule has 0 unspecified atom stereocenters. The number of aliphatic hydroxyl groups excluding tert-OH is 1. The molecule has 2 heterocycles. The third-order valence-corrected chi connectivity index (χ3v) is 5.86. The molecule has 0 saturated carbocycles. The fourth-order valence-corrected chi connectivity index (χ4v) is 4.18. The summed E-state index contributed by atoms with van der Waals surface area (Å²) in [6, 6.07) is 22.1. The van der Waals surface area contributed by atoms with Gasteiger partial charge in [0.05, 0.1) is 23.6 Å². The number of nitrogens with zero attached hydrogens (tertiary/aromatic N) is 3. The molecule has 1 aliphatic rings. The molecule has 0 aliphatic carbocycles. The van der Waals surface area contributed by atoms with Gasteiger partial charge in [-0.05, 0) is 67.4 Å². The lowest BCUT2D eigenvalue weighted by Crippen LogP contribution is -2.31. The van der Waals surface area contributed by atoms with Gasteiger partial charge in [0.2, 0.25) is 5.88 Å². The van der Waals surface area contributed by atoms with Crippen molar-refractivity contribution in [3.63, 3.8) is 0 Å². The van der Waals surface area contributed by atoms with Crippen LogP contribution in [-0.2, 0) is 0 Å². The van der Waals surface area contributed by atoms with Crippen molar-refractivity contribution in [3.05, 3.63) is 79.1 Å². The second-order valence-corrected chi connectivity index (χ2v) is 8.12. The van der Waals surface area contributed by atoms with Crippen LogP contribution in [0.4, 0.5) is 21.9 Å². The van der Waals surface area contributed by atoms with Crippen molar-refractivity contribution < 1.29 is 14.6 Å². The standard InChI is InChI=1S/C26H25N5O3/c32-16-21-7-4-14-31(21)20-10-13-23-24(15-20)27-17-28-25(23)34-22-11-8-19(9-12-22)30-26(33)29-18-5-2-1-3-6-18/h1-3,5-6,8-13,15,17,21,32H,4,7,14,16H2,(H2,29,30,33)/t21-/m1/s1. The number of fused-ring (bicyclic) bond motifs is 1. The number of aliphatic hydroxyl groups is 1. The highest BCUT2D eigenvalue weighted by molar-refractivity contribution is 5.99. The number of hydrogen-bond donors (Lipinski definition) is 3. The Hall–Kier alpha value is -4.17. The van der Waals surface area contributed by atoms with E-state index in [1.807, 2.05) is 48.5 Å². The fourth-order valence-electron chi connectivity index (χ4n) is 4.18. The molecule has 1 atom stereocenters. The molecule has 1 aromatic heterocycles. The number of para-hydroxylation sites is 1. The summed E-state index contributed by atoms with van der Waals surface area (Å²) in [5.41, 5.74) is 3.18. The molecule has 1 aliphatic heterocycles. The third-order valence-electron chi connectivity index (χ3n) is 5.86. The zero-order chi connectivity index (χ0) is 23.3. The summed E-state index contributed by atoms with van der Waals surface area (Å²) in [6.45, 7) is 1.07. The van der Waals surface area contributed by atoms with Gasteiger partial charge in [0, 0.05) is 23.6 Å². The quantitative estimate of drug-likeness (QED) is 0.377. The number of aromatic nitrogens is 2. The van der Waals surface area contributed by atoms with E-state index < -0.39 is 0 Å². The van der Waals surface area contributed by atoms with Gasteiger partial charge >= 0.3 is 6.03 Å². The first-order valence-corrected chi connectivity index (χ1v) is 11.2. The van der Waals surface area contributed by atoms with Gasteiger partial charge in [-0.15, -0.1) is 0 Å². The number of benzene rings is 3. The second kappa shape index (κ2) is 9.76. The number of urea groups is 1. The van der Waals surface area contributed by atoms with Crippen molar-refractivity contribution in [3.8, 4) is 11.6 Å². The van der Waals surface area contributed by atoms with Crippen LogP contribution < -0.4 is 20.3 Å². The average molecular weight is 456 g/mol. The number of nitrogens with one attached hydrogen (secondary N) is 2. The Morgan fingerprint density at radius 1 is 1.00 bits per heavy atom. The number of hydrogen-bond acceptors (Lipinski definition) is 6. The van der Waals surface area contributed by atoms with E-state index in [0.717, 1.165) is 41.7 Å². The predicted molar refractivity (Wildman–Crippen MR) is 133 cm³/mol. The Bertz CT molecular complexity index is 1280. The van der Waals surface area contributed by atoms with Crippen LogP contribution in [0.25, 0.3) is 10.9 Å². The molecule has 1 fully saturated rings. The van der Waals surface area contributed by atoms with Crippen LogP contribution in [-0.4, -0.2) is 40.3 Å². The summed E-state index contributed by atoms with van der Waals surface area (Å²) in [7, 11) is 0. The zero-order valence-electron chi connectivity index (χ0n) is 18.5. The van der Waals surface area contributed by atoms with E-state index >= 15 is 0 Å². The van der Waals surface area contributed by atoms with E-state index in [2.05, 4.69) is 25.5 Å². The Morgan fingerprint density at radius 3 is 2.53 bits per heavy atom. The average Bonchev–Trinajstić information content (AvgIpc) is 3.35. The first kappa shape index (κ1) is 21.7. The van der Waals surface area contributed by atoms with Crippen LogP contribution in [0.1, 0.15) is 12.8 Å². The molecule has 3 N–H and O–H groups in total. The monoisotopic (exact) mass is 455 g/mol. The molecule has 8 nitrogen and oxygen atoms in total. The smallest absolute Gasteiger partial charge is 0.323 e. The molecule has 8 heteroatoms. The van der Waals surface area contributed by atoms with E-state index in [-0.39, 0.29) is 18.7 Å². The van der Waals surface area contributed by atoms with Crippen molar-refractivity contribution in [2.24, 2.45) is 0 Å². The molecule has 0 spiro atoms. The van der Waals surface area contributed by atoms with Crippen molar-refractivity contribution in [2.45, 2.75) is 18.9 Å². The Labute approximate surface area is 197 Å². The van der Waals surface area contributed by atoms with Crippen LogP contribution in [0.15, 0.2) is 79.1 Å². The molecular formula is C26H25N5O3. The second-order valence-electron chi connectivity index (χ2n) is 8.12. The van der Waals surface area contributed by atoms with E-state index in [0.29, 0.717) is 17.3 Å². The molecule has 172 valence electrons. The highest BCUT2D eigenvalue weighted by Crippen LogP contribution is 2.32. The number of ether oxygens (including phenoxy) is 1. The fraction of sp³-hybridized carbons (Fsp3) is 0.192. The highest BCUT2D eigenvalue weighted by Gasteiger charge is 2.24. The van der Waals surface area contributed by atoms with Gasteiger partial charge in [0.1, 0.15) is 12.1 Å². The first-order valence-electron chi connectivity index (χ1n) is 11.2. The van der Waals surface area contributed by atoms with Crippen LogP contribution in [0, 0.1) is 0 Å². The molecule has 0 radical (unpaired) electrons. The topological polar surface area (TPSA) is 99.6 Å². The van der Waals surface area contributed by atoms with Gasteiger partial charge in [-0.1, -0.05) is 18.2 Å². The minimum Gasteiger partial charge on any atom is -0.438 e. The summed E-state index contributed by atoms with van der Waals surface area (Å²) in [5.74, 6) is 1.05. The molecule has 34 heavy (non-hydrogen) atoms. The Kier molecular flexibility index (Phi) is 6.22. The number of rotatable bonds is 6. The van der Waals surface area contributed by atoms with Crippen molar-refractivity contribution >= 4 is 34.0 Å². The van der Waals surface area contributed by atoms with Crippen LogP contribution >= 0.6 is 0 Å². The number of carbonyl (C=O) groups is 1. The van der Waals surface area contributed by atoms with Crippen molar-refractivity contribution in [1.29, 1.82) is 0 Å². The van der Waals surface area contributed by atoms with E-state index in [4.69, 9.17) is 4.74 Å². The maximum absolute atomic E-state index is 12.2. The van der Waals surface area contributed by atoms with Gasteiger partial charge in [-0.25, -0.2) is 14.8 Å². The molecule has 1 saturated heterocycles.